The van der Waals surface area contributed by atoms with Crippen molar-refractivity contribution in [3.63, 3.8) is 0 Å². The Kier molecular flexibility index (Phi) is 5.45. The Morgan fingerprint density at radius 1 is 1.18 bits per heavy atom. The summed E-state index contributed by atoms with van der Waals surface area (Å²) in [5.74, 6) is 1.45. The van der Waals surface area contributed by atoms with E-state index in [4.69, 9.17) is 5.73 Å². The van der Waals surface area contributed by atoms with Crippen molar-refractivity contribution in [3.8, 4) is 0 Å². The average Bonchev–Trinajstić information content (AvgIpc) is 3.09. The summed E-state index contributed by atoms with van der Waals surface area (Å²) in [6.45, 7) is 3.39. The lowest BCUT2D eigenvalue weighted by atomic mass is 9.93. The molecule has 2 amide bonds. The third-order valence-electron chi connectivity index (χ3n) is 5.91. The van der Waals surface area contributed by atoms with E-state index in [0.29, 0.717) is 31.0 Å². The first-order chi connectivity index (χ1) is 13.6. The Morgan fingerprint density at radius 3 is 2.64 bits per heavy atom. The lowest BCUT2D eigenvalue weighted by Crippen LogP contribution is -2.41. The highest BCUT2D eigenvalue weighted by Crippen LogP contribution is 2.31. The molecule has 150 valence electrons. The number of carbonyl (C=O) groups excluding carboxylic acids is 1. The van der Waals surface area contributed by atoms with Crippen LogP contribution in [0.2, 0.25) is 0 Å². The van der Waals surface area contributed by atoms with Crippen LogP contribution in [0.3, 0.4) is 0 Å². The highest BCUT2D eigenvalue weighted by molar-refractivity contribution is 5.88. The Morgan fingerprint density at radius 2 is 1.93 bits per heavy atom. The number of urea groups is 1. The molecule has 3 N–H and O–H groups in total. The number of anilines is 2. The zero-order chi connectivity index (χ0) is 19.5. The second-order valence-corrected chi connectivity index (χ2v) is 7.94. The van der Waals surface area contributed by atoms with Crippen molar-refractivity contribution < 1.29 is 4.79 Å². The number of aromatic nitrogens is 4. The molecular weight excluding hydrogens is 354 g/mol. The van der Waals surface area contributed by atoms with Crippen LogP contribution in [0.25, 0.3) is 0 Å². The molecule has 8 nitrogen and oxygen atoms in total. The molecule has 1 aliphatic carbocycles. The van der Waals surface area contributed by atoms with Crippen molar-refractivity contribution >= 4 is 17.8 Å². The van der Waals surface area contributed by atoms with Gasteiger partial charge in [0.25, 0.3) is 0 Å². The molecule has 28 heavy (non-hydrogen) atoms. The fraction of sp³-hybridized carbons (Fsp3) is 0.600. The molecule has 1 saturated carbocycles. The highest BCUT2D eigenvalue weighted by atomic mass is 16.2. The second-order valence-electron chi connectivity index (χ2n) is 7.94. The molecule has 0 radical (unpaired) electrons. The summed E-state index contributed by atoms with van der Waals surface area (Å²) in [5, 5.41) is 7.75. The summed E-state index contributed by atoms with van der Waals surface area (Å²) in [7, 11) is 0. The van der Waals surface area contributed by atoms with Gasteiger partial charge in [0, 0.05) is 37.0 Å². The first-order valence-electron chi connectivity index (χ1n) is 10.3. The number of nitrogens with zero attached hydrogens (tertiary/aromatic N) is 5. The molecule has 2 aromatic rings. The molecule has 0 aromatic carbocycles. The number of likely N-dealkylation sites (tertiary alicyclic amines) is 1. The predicted octanol–water partition coefficient (Wildman–Crippen LogP) is 3.48. The van der Waals surface area contributed by atoms with Gasteiger partial charge in [0.1, 0.15) is 5.82 Å². The molecule has 3 heterocycles. The van der Waals surface area contributed by atoms with Crippen LogP contribution in [0.4, 0.5) is 16.6 Å². The number of nitrogens with one attached hydrogen (secondary N) is 1. The van der Waals surface area contributed by atoms with Gasteiger partial charge in [-0.3, -0.25) is 5.32 Å². The number of nitrogen functional groups attached to an aromatic ring is 1. The minimum Gasteiger partial charge on any atom is -0.368 e. The molecule has 1 saturated heterocycles. The van der Waals surface area contributed by atoms with E-state index in [2.05, 4.69) is 20.4 Å². The largest absolute Gasteiger partial charge is 0.368 e. The van der Waals surface area contributed by atoms with Gasteiger partial charge in [0.2, 0.25) is 5.95 Å². The highest BCUT2D eigenvalue weighted by Gasteiger charge is 2.26. The molecule has 0 unspecified atom stereocenters. The van der Waals surface area contributed by atoms with Crippen LogP contribution < -0.4 is 11.1 Å². The minimum atomic E-state index is -0.0439. The number of carbonyl (C=O) groups is 1. The summed E-state index contributed by atoms with van der Waals surface area (Å²) in [4.78, 5) is 23.0. The molecule has 2 aliphatic rings. The summed E-state index contributed by atoms with van der Waals surface area (Å²) in [5.41, 5.74) is 7.62. The molecule has 8 heteroatoms. The summed E-state index contributed by atoms with van der Waals surface area (Å²) in [6, 6.07) is 4.25. The molecule has 0 atom stereocenters. The summed E-state index contributed by atoms with van der Waals surface area (Å²) in [6.07, 6.45) is 9.50. The zero-order valence-corrected chi connectivity index (χ0v) is 16.5. The van der Waals surface area contributed by atoms with E-state index < -0.39 is 0 Å². The van der Waals surface area contributed by atoms with Gasteiger partial charge in [0.15, 0.2) is 0 Å². The standard InChI is InChI=1S/C20H29N7O/c1-14-13-18(27(25-14)16-5-3-2-4-6-16)24-20(28)26-11-8-15(9-12-26)17-7-10-22-19(21)23-17/h7,10,13,15-16H,2-6,8-9,11-12H2,1H3,(H,24,28)(H2,21,22,23). The van der Waals surface area contributed by atoms with Crippen LogP contribution in [0.1, 0.15) is 68.3 Å². The van der Waals surface area contributed by atoms with E-state index >= 15 is 0 Å². The lowest BCUT2D eigenvalue weighted by Gasteiger charge is -2.32. The van der Waals surface area contributed by atoms with Crippen LogP contribution in [-0.4, -0.2) is 43.8 Å². The van der Waals surface area contributed by atoms with Crippen molar-refractivity contribution in [1.29, 1.82) is 0 Å². The summed E-state index contributed by atoms with van der Waals surface area (Å²) >= 11 is 0. The normalized spacial score (nSPS) is 19.0. The van der Waals surface area contributed by atoms with E-state index in [1.807, 2.05) is 28.6 Å². The Balaban J connectivity index is 1.37. The number of aryl methyl sites for hydroxylation is 1. The molecule has 4 rings (SSSR count). The van der Waals surface area contributed by atoms with Gasteiger partial charge >= 0.3 is 6.03 Å². The monoisotopic (exact) mass is 383 g/mol. The van der Waals surface area contributed by atoms with Gasteiger partial charge in [0.05, 0.1) is 11.7 Å². The van der Waals surface area contributed by atoms with Gasteiger partial charge in [-0.05, 0) is 38.7 Å². The molecule has 0 spiro atoms. The molecule has 1 aliphatic heterocycles. The fourth-order valence-corrected chi connectivity index (χ4v) is 4.40. The van der Waals surface area contributed by atoms with Crippen molar-refractivity contribution in [2.45, 2.75) is 63.8 Å². The van der Waals surface area contributed by atoms with E-state index in [-0.39, 0.29) is 6.03 Å². The zero-order valence-electron chi connectivity index (χ0n) is 16.5. The van der Waals surface area contributed by atoms with Gasteiger partial charge < -0.3 is 10.6 Å². The van der Waals surface area contributed by atoms with Crippen LogP contribution in [0.15, 0.2) is 18.3 Å². The molecular formula is C20H29N7O. The molecule has 2 fully saturated rings. The van der Waals surface area contributed by atoms with Crippen LogP contribution >= 0.6 is 0 Å². The third-order valence-corrected chi connectivity index (χ3v) is 5.91. The number of hydrogen-bond donors (Lipinski definition) is 2. The maximum atomic E-state index is 12.8. The number of nitrogens with two attached hydrogens (primary N) is 1. The average molecular weight is 384 g/mol. The van der Waals surface area contributed by atoms with E-state index in [1.165, 1.54) is 19.3 Å². The predicted molar refractivity (Wildman–Crippen MR) is 108 cm³/mol. The number of hydrogen-bond acceptors (Lipinski definition) is 5. The van der Waals surface area contributed by atoms with Gasteiger partial charge in [-0.2, -0.15) is 5.10 Å². The van der Waals surface area contributed by atoms with E-state index in [1.54, 1.807) is 6.20 Å². The molecule has 0 bridgehead atoms. The van der Waals surface area contributed by atoms with Gasteiger partial charge in [-0.15, -0.1) is 0 Å². The number of amides is 2. The van der Waals surface area contributed by atoms with Crippen molar-refractivity contribution in [2.24, 2.45) is 0 Å². The van der Waals surface area contributed by atoms with Gasteiger partial charge in [-0.1, -0.05) is 19.3 Å². The van der Waals surface area contributed by atoms with Crippen molar-refractivity contribution in [1.82, 2.24) is 24.6 Å². The van der Waals surface area contributed by atoms with Gasteiger partial charge in [-0.25, -0.2) is 19.4 Å². The molecule has 2 aromatic heterocycles. The fourth-order valence-electron chi connectivity index (χ4n) is 4.40. The van der Waals surface area contributed by atoms with Crippen molar-refractivity contribution in [3.05, 3.63) is 29.7 Å². The van der Waals surface area contributed by atoms with E-state index in [9.17, 15) is 4.79 Å². The third kappa shape index (κ3) is 4.10. The van der Waals surface area contributed by atoms with Crippen LogP contribution in [0, 0.1) is 6.92 Å². The first-order valence-corrected chi connectivity index (χ1v) is 10.3. The quantitative estimate of drug-likeness (QED) is 0.845. The maximum Gasteiger partial charge on any atom is 0.323 e. The van der Waals surface area contributed by atoms with Crippen LogP contribution in [0.5, 0.6) is 0 Å². The SMILES string of the molecule is Cc1cc(NC(=O)N2CCC(c3ccnc(N)n3)CC2)n(C2CCCCC2)n1. The number of piperidine rings is 1. The van der Waals surface area contributed by atoms with E-state index in [0.717, 1.165) is 42.9 Å². The minimum absolute atomic E-state index is 0.0439. The number of rotatable bonds is 3. The second kappa shape index (κ2) is 8.16. The Hall–Kier alpha value is -2.64. The smallest absolute Gasteiger partial charge is 0.323 e. The Bertz CT molecular complexity index is 820. The van der Waals surface area contributed by atoms with Crippen LogP contribution in [-0.2, 0) is 0 Å². The lowest BCUT2D eigenvalue weighted by molar-refractivity contribution is 0.193. The summed E-state index contributed by atoms with van der Waals surface area (Å²) < 4.78 is 2.03. The maximum absolute atomic E-state index is 12.8. The topological polar surface area (TPSA) is 102 Å². The first kappa shape index (κ1) is 18.7. The Labute approximate surface area is 165 Å². The van der Waals surface area contributed by atoms with Crippen molar-refractivity contribution in [2.75, 3.05) is 24.1 Å².